The van der Waals surface area contributed by atoms with Gasteiger partial charge in [-0.05, 0) is 55.9 Å². The van der Waals surface area contributed by atoms with E-state index < -0.39 is 10.0 Å². The normalized spacial score (nSPS) is 20.8. The maximum atomic E-state index is 12.8. The van der Waals surface area contributed by atoms with Crippen molar-refractivity contribution in [2.24, 2.45) is 5.92 Å². The Morgan fingerprint density at radius 2 is 1.91 bits per heavy atom. The fraction of sp³-hybridized carbons (Fsp3) is 0.524. The van der Waals surface area contributed by atoms with E-state index in [0.29, 0.717) is 37.6 Å². The van der Waals surface area contributed by atoms with Gasteiger partial charge in [0, 0.05) is 26.2 Å². The van der Waals surface area contributed by atoms with Crippen molar-refractivity contribution in [2.45, 2.75) is 36.6 Å². The molecule has 3 heterocycles. The van der Waals surface area contributed by atoms with Crippen molar-refractivity contribution < 1.29 is 18.3 Å². The van der Waals surface area contributed by atoms with Crippen molar-refractivity contribution in [1.29, 1.82) is 0 Å². The van der Waals surface area contributed by atoms with Crippen LogP contribution in [0.4, 0.5) is 5.69 Å². The number of rotatable bonds is 6. The zero-order valence-electron chi connectivity index (χ0n) is 17.6. The quantitative estimate of drug-likeness (QED) is 0.650. The number of nitrogens with one attached hydrogen (secondary N) is 1. The number of ether oxygens (including phenoxy) is 1. The molecule has 11 heteroatoms. The molecule has 2 aromatic rings. The lowest BCUT2D eigenvalue weighted by molar-refractivity contribution is 0.0595. The Labute approximate surface area is 192 Å². The molecule has 0 bridgehead atoms. The van der Waals surface area contributed by atoms with Gasteiger partial charge in [-0.25, -0.2) is 13.1 Å². The summed E-state index contributed by atoms with van der Waals surface area (Å²) in [5, 5.41) is 17.0. The van der Waals surface area contributed by atoms with Gasteiger partial charge in [-0.15, -0.1) is 0 Å². The summed E-state index contributed by atoms with van der Waals surface area (Å²) in [6, 6.07) is 5.23. The number of sulfonamides is 1. The maximum Gasteiger partial charge on any atom is 0.287 e. The smallest absolute Gasteiger partial charge is 0.287 e. The maximum absolute atomic E-state index is 12.8. The number of benzene rings is 1. The highest BCUT2D eigenvalue weighted by atomic mass is 35.5. The summed E-state index contributed by atoms with van der Waals surface area (Å²) in [7, 11) is -3.66. The SMILES string of the molecule is O=c1c(Cl)c(NC[C@H]2CCCOC2)cnn1C1CCN(S(=O)(=O)c2ccc(O)cc2)CC1. The molecule has 4 rings (SSSR count). The third-order valence-electron chi connectivity index (χ3n) is 6.02. The molecule has 0 unspecified atom stereocenters. The minimum atomic E-state index is -3.66. The van der Waals surface area contributed by atoms with Gasteiger partial charge in [0.1, 0.15) is 10.8 Å². The first-order valence-corrected chi connectivity index (χ1v) is 12.6. The van der Waals surface area contributed by atoms with Gasteiger partial charge in [-0.1, -0.05) is 11.6 Å². The topological polar surface area (TPSA) is 114 Å². The fourth-order valence-corrected chi connectivity index (χ4v) is 5.82. The zero-order valence-corrected chi connectivity index (χ0v) is 19.2. The highest BCUT2D eigenvalue weighted by molar-refractivity contribution is 7.89. The Hall–Kier alpha value is -2.14. The number of hydrogen-bond acceptors (Lipinski definition) is 7. The van der Waals surface area contributed by atoms with Gasteiger partial charge in [0.15, 0.2) is 0 Å². The highest BCUT2D eigenvalue weighted by Crippen LogP contribution is 2.27. The average molecular weight is 483 g/mol. The standard InChI is InChI=1S/C21H27ClN4O5S/c22-20-19(23-12-15-2-1-11-31-14-15)13-24-26(21(20)28)16-7-9-25(10-8-16)32(29,30)18-5-3-17(27)4-6-18/h3-6,13,15-16,23,27H,1-2,7-12,14H2/t15-/m1/s1. The number of phenolic OH excluding ortho intramolecular Hbond substituents is 1. The molecule has 0 radical (unpaired) electrons. The molecule has 2 N–H and O–H groups in total. The summed E-state index contributed by atoms with van der Waals surface area (Å²) in [5.74, 6) is 0.386. The lowest BCUT2D eigenvalue weighted by Crippen LogP contribution is -2.41. The Kier molecular flexibility index (Phi) is 7.04. The van der Waals surface area contributed by atoms with E-state index in [2.05, 4.69) is 10.4 Å². The monoisotopic (exact) mass is 482 g/mol. The predicted molar refractivity (Wildman–Crippen MR) is 121 cm³/mol. The third-order valence-corrected chi connectivity index (χ3v) is 8.30. The Morgan fingerprint density at radius 3 is 2.56 bits per heavy atom. The number of piperidine rings is 1. The zero-order chi connectivity index (χ0) is 22.7. The van der Waals surface area contributed by atoms with E-state index in [1.165, 1.54) is 33.3 Å². The van der Waals surface area contributed by atoms with E-state index in [1.807, 2.05) is 0 Å². The molecule has 174 valence electrons. The second kappa shape index (κ2) is 9.78. The number of phenols is 1. The van der Waals surface area contributed by atoms with E-state index >= 15 is 0 Å². The molecule has 0 spiro atoms. The summed E-state index contributed by atoms with van der Waals surface area (Å²) in [4.78, 5) is 13.0. The lowest BCUT2D eigenvalue weighted by atomic mass is 10.0. The summed E-state index contributed by atoms with van der Waals surface area (Å²) in [6.45, 7) is 2.69. The van der Waals surface area contributed by atoms with Gasteiger partial charge in [0.2, 0.25) is 10.0 Å². The molecule has 0 saturated carbocycles. The van der Waals surface area contributed by atoms with Crippen LogP contribution in [0.5, 0.6) is 5.75 Å². The van der Waals surface area contributed by atoms with Crippen molar-refractivity contribution in [3.05, 3.63) is 45.8 Å². The number of aromatic hydroxyl groups is 1. The minimum Gasteiger partial charge on any atom is -0.508 e. The first kappa shape index (κ1) is 23.0. The molecule has 1 atom stereocenters. The molecule has 0 amide bonds. The highest BCUT2D eigenvalue weighted by Gasteiger charge is 2.31. The third kappa shape index (κ3) is 4.93. The summed E-state index contributed by atoms with van der Waals surface area (Å²) in [5.41, 5.74) is 0.127. The Bertz CT molecular complexity index is 1090. The van der Waals surface area contributed by atoms with E-state index in [4.69, 9.17) is 16.3 Å². The molecule has 0 aliphatic carbocycles. The van der Waals surface area contributed by atoms with E-state index in [0.717, 1.165) is 19.4 Å². The molecule has 1 aromatic carbocycles. The number of hydrogen-bond donors (Lipinski definition) is 2. The van der Waals surface area contributed by atoms with Crippen LogP contribution >= 0.6 is 11.6 Å². The lowest BCUT2D eigenvalue weighted by Gasteiger charge is -2.31. The van der Waals surface area contributed by atoms with Crippen LogP contribution in [0.15, 0.2) is 40.2 Å². The van der Waals surface area contributed by atoms with Crippen molar-refractivity contribution in [1.82, 2.24) is 14.1 Å². The second-order valence-electron chi connectivity index (χ2n) is 8.22. The van der Waals surface area contributed by atoms with Gasteiger partial charge in [0.25, 0.3) is 5.56 Å². The van der Waals surface area contributed by atoms with Gasteiger partial charge in [-0.3, -0.25) is 4.79 Å². The molecule has 9 nitrogen and oxygen atoms in total. The number of anilines is 1. The summed E-state index contributed by atoms with van der Waals surface area (Å²) in [6.07, 6.45) is 4.56. The van der Waals surface area contributed by atoms with E-state index in [9.17, 15) is 18.3 Å². The van der Waals surface area contributed by atoms with Crippen LogP contribution in [0, 0.1) is 5.92 Å². The number of aromatic nitrogens is 2. The fourth-order valence-electron chi connectivity index (χ4n) is 4.15. The molecule has 2 saturated heterocycles. The molecule has 32 heavy (non-hydrogen) atoms. The molecular weight excluding hydrogens is 456 g/mol. The van der Waals surface area contributed by atoms with Gasteiger partial charge in [0.05, 0.1) is 29.4 Å². The van der Waals surface area contributed by atoms with E-state index in [1.54, 1.807) is 6.20 Å². The van der Waals surface area contributed by atoms with Crippen molar-refractivity contribution in [3.63, 3.8) is 0 Å². The summed E-state index contributed by atoms with van der Waals surface area (Å²) >= 11 is 6.34. The molecule has 1 aromatic heterocycles. The van der Waals surface area contributed by atoms with E-state index in [-0.39, 0.29) is 40.4 Å². The summed E-state index contributed by atoms with van der Waals surface area (Å²) < 4.78 is 33.9. The first-order chi connectivity index (χ1) is 15.4. The largest absolute Gasteiger partial charge is 0.508 e. The average Bonchev–Trinajstić information content (AvgIpc) is 2.81. The van der Waals surface area contributed by atoms with Crippen molar-refractivity contribution in [2.75, 3.05) is 38.2 Å². The van der Waals surface area contributed by atoms with Crippen LogP contribution in [0.3, 0.4) is 0 Å². The molecule has 2 aliphatic rings. The Morgan fingerprint density at radius 1 is 1.19 bits per heavy atom. The second-order valence-corrected chi connectivity index (χ2v) is 10.5. The van der Waals surface area contributed by atoms with Crippen LogP contribution in [0.25, 0.3) is 0 Å². The van der Waals surface area contributed by atoms with Crippen LogP contribution in [0.2, 0.25) is 5.02 Å². The molecular formula is C21H27ClN4O5S. The number of halogens is 1. The minimum absolute atomic E-state index is 0.00926. The van der Waals surface area contributed by atoms with Gasteiger partial charge in [-0.2, -0.15) is 9.40 Å². The van der Waals surface area contributed by atoms with Crippen LogP contribution in [-0.4, -0.2) is 60.5 Å². The van der Waals surface area contributed by atoms with Gasteiger partial charge < -0.3 is 15.2 Å². The van der Waals surface area contributed by atoms with Crippen molar-refractivity contribution >= 4 is 27.3 Å². The molecule has 2 aliphatic heterocycles. The van der Waals surface area contributed by atoms with Crippen molar-refractivity contribution in [3.8, 4) is 5.75 Å². The first-order valence-electron chi connectivity index (χ1n) is 10.7. The molecule has 2 fully saturated rings. The van der Waals surface area contributed by atoms with Crippen LogP contribution in [0.1, 0.15) is 31.7 Å². The van der Waals surface area contributed by atoms with Crippen LogP contribution in [-0.2, 0) is 14.8 Å². The predicted octanol–water partition coefficient (Wildman–Crippen LogP) is 2.47. The van der Waals surface area contributed by atoms with Gasteiger partial charge >= 0.3 is 0 Å². The Balaban J connectivity index is 1.40. The number of nitrogens with zero attached hydrogens (tertiary/aromatic N) is 3. The van der Waals surface area contributed by atoms with Crippen LogP contribution < -0.4 is 10.9 Å².